The minimum Gasteiger partial charge on any atom is -0.489 e. The fraction of sp³-hybridized carbons (Fsp3) is 0.643. The second-order valence-corrected chi connectivity index (χ2v) is 5.08. The molecule has 0 spiro atoms. The molecule has 17 heavy (non-hydrogen) atoms. The van der Waals surface area contributed by atoms with Gasteiger partial charge in [0.05, 0.1) is 18.4 Å². The van der Waals surface area contributed by atoms with Crippen LogP contribution in [0.25, 0.3) is 0 Å². The van der Waals surface area contributed by atoms with Crippen LogP contribution in [0.15, 0.2) is 18.5 Å². The van der Waals surface area contributed by atoms with Crippen molar-refractivity contribution in [1.82, 2.24) is 4.98 Å². The lowest BCUT2D eigenvalue weighted by molar-refractivity contribution is 0.106. The van der Waals surface area contributed by atoms with Gasteiger partial charge in [0.15, 0.2) is 0 Å². The maximum Gasteiger partial charge on any atom is 0.138 e. The van der Waals surface area contributed by atoms with Crippen molar-refractivity contribution in [3.63, 3.8) is 0 Å². The lowest BCUT2D eigenvalue weighted by Gasteiger charge is -2.27. The van der Waals surface area contributed by atoms with Crippen LogP contribution in [0.1, 0.15) is 51.0 Å². The standard InChI is InChI=1S/C14H21NO2/c1-10(2)17-12-7-11(8-15-9-12)13-5-3-4-6-14(13)16/h7-10,13-14,16H,3-6H2,1-2H3. The third-order valence-electron chi connectivity index (χ3n) is 3.26. The average Bonchev–Trinajstić information content (AvgIpc) is 2.29. The molecule has 0 aliphatic heterocycles. The Morgan fingerprint density at radius 3 is 2.76 bits per heavy atom. The van der Waals surface area contributed by atoms with Crippen LogP contribution in [0.3, 0.4) is 0 Å². The van der Waals surface area contributed by atoms with Gasteiger partial charge in [-0.2, -0.15) is 0 Å². The topological polar surface area (TPSA) is 42.4 Å². The van der Waals surface area contributed by atoms with E-state index in [9.17, 15) is 5.11 Å². The van der Waals surface area contributed by atoms with Gasteiger partial charge in [0, 0.05) is 12.1 Å². The number of hydrogen-bond acceptors (Lipinski definition) is 3. The van der Waals surface area contributed by atoms with Crippen molar-refractivity contribution in [2.75, 3.05) is 0 Å². The van der Waals surface area contributed by atoms with E-state index in [-0.39, 0.29) is 18.1 Å². The molecule has 1 aromatic rings. The zero-order valence-electron chi connectivity index (χ0n) is 10.6. The molecule has 1 aromatic heterocycles. The maximum atomic E-state index is 10.0. The molecule has 0 amide bonds. The highest BCUT2D eigenvalue weighted by molar-refractivity contribution is 5.27. The molecule has 1 N–H and O–H groups in total. The van der Waals surface area contributed by atoms with E-state index in [1.807, 2.05) is 26.1 Å². The fourth-order valence-electron chi connectivity index (χ4n) is 2.48. The van der Waals surface area contributed by atoms with Crippen LogP contribution in [0.2, 0.25) is 0 Å². The predicted molar refractivity (Wildman–Crippen MR) is 67.2 cm³/mol. The maximum absolute atomic E-state index is 10.0. The van der Waals surface area contributed by atoms with E-state index in [4.69, 9.17) is 4.74 Å². The number of aromatic nitrogens is 1. The van der Waals surface area contributed by atoms with Crippen molar-refractivity contribution in [2.45, 2.75) is 57.7 Å². The van der Waals surface area contributed by atoms with Gasteiger partial charge in [0.1, 0.15) is 5.75 Å². The second-order valence-electron chi connectivity index (χ2n) is 5.08. The van der Waals surface area contributed by atoms with E-state index in [2.05, 4.69) is 4.98 Å². The summed E-state index contributed by atoms with van der Waals surface area (Å²) in [5.41, 5.74) is 1.11. The summed E-state index contributed by atoms with van der Waals surface area (Å²) in [5, 5.41) is 10.0. The summed E-state index contributed by atoms with van der Waals surface area (Å²) in [6, 6.07) is 2.02. The van der Waals surface area contributed by atoms with Gasteiger partial charge in [-0.3, -0.25) is 4.98 Å². The van der Waals surface area contributed by atoms with E-state index in [1.165, 1.54) is 6.42 Å². The van der Waals surface area contributed by atoms with Crippen LogP contribution >= 0.6 is 0 Å². The monoisotopic (exact) mass is 235 g/mol. The first-order chi connectivity index (χ1) is 8.16. The third-order valence-corrected chi connectivity index (χ3v) is 3.26. The van der Waals surface area contributed by atoms with Gasteiger partial charge < -0.3 is 9.84 Å². The molecular formula is C14H21NO2. The highest BCUT2D eigenvalue weighted by Crippen LogP contribution is 2.33. The summed E-state index contributed by atoms with van der Waals surface area (Å²) < 4.78 is 5.64. The molecule has 1 aliphatic carbocycles. The first-order valence-corrected chi connectivity index (χ1v) is 6.46. The Kier molecular flexibility index (Phi) is 4.00. The minimum absolute atomic E-state index is 0.156. The molecule has 2 rings (SSSR count). The summed E-state index contributed by atoms with van der Waals surface area (Å²) in [5.74, 6) is 1.03. The fourth-order valence-corrected chi connectivity index (χ4v) is 2.48. The molecule has 2 atom stereocenters. The van der Waals surface area contributed by atoms with Gasteiger partial charge in [0.25, 0.3) is 0 Å². The Bertz CT molecular complexity index is 365. The SMILES string of the molecule is CC(C)Oc1cncc(C2CCCCC2O)c1. The number of pyridine rings is 1. The number of nitrogens with zero attached hydrogens (tertiary/aromatic N) is 1. The molecule has 1 saturated carbocycles. The van der Waals surface area contributed by atoms with Gasteiger partial charge in [-0.25, -0.2) is 0 Å². The van der Waals surface area contributed by atoms with Gasteiger partial charge >= 0.3 is 0 Å². The van der Waals surface area contributed by atoms with Gasteiger partial charge in [0.2, 0.25) is 0 Å². The molecule has 1 aliphatic rings. The minimum atomic E-state index is -0.222. The first kappa shape index (κ1) is 12.4. The van der Waals surface area contributed by atoms with E-state index < -0.39 is 0 Å². The quantitative estimate of drug-likeness (QED) is 0.876. The van der Waals surface area contributed by atoms with E-state index in [0.29, 0.717) is 0 Å². The van der Waals surface area contributed by atoms with Crippen LogP contribution in [0, 0.1) is 0 Å². The highest BCUT2D eigenvalue weighted by atomic mass is 16.5. The Labute approximate surface area is 103 Å². The lowest BCUT2D eigenvalue weighted by Crippen LogP contribution is -2.22. The van der Waals surface area contributed by atoms with Crippen molar-refractivity contribution >= 4 is 0 Å². The molecule has 0 radical (unpaired) electrons. The number of aliphatic hydroxyl groups is 1. The molecule has 0 aromatic carbocycles. The van der Waals surface area contributed by atoms with Gasteiger partial charge in [-0.05, 0) is 38.3 Å². The second kappa shape index (κ2) is 5.50. The molecule has 1 fully saturated rings. The van der Waals surface area contributed by atoms with Crippen molar-refractivity contribution in [1.29, 1.82) is 0 Å². The van der Waals surface area contributed by atoms with Crippen LogP contribution < -0.4 is 4.74 Å². The molecule has 0 bridgehead atoms. The summed E-state index contributed by atoms with van der Waals surface area (Å²) >= 11 is 0. The van der Waals surface area contributed by atoms with Crippen LogP contribution in [-0.4, -0.2) is 22.3 Å². The summed E-state index contributed by atoms with van der Waals surface area (Å²) in [6.07, 6.45) is 7.80. The zero-order chi connectivity index (χ0) is 12.3. The number of aliphatic hydroxyl groups excluding tert-OH is 1. The Hall–Kier alpha value is -1.09. The molecule has 2 unspecified atom stereocenters. The zero-order valence-corrected chi connectivity index (χ0v) is 10.6. The Balaban J connectivity index is 2.14. The largest absolute Gasteiger partial charge is 0.489 e. The molecule has 0 saturated heterocycles. The summed E-state index contributed by atoms with van der Waals surface area (Å²) in [7, 11) is 0. The molecule has 1 heterocycles. The lowest BCUT2D eigenvalue weighted by atomic mass is 9.82. The van der Waals surface area contributed by atoms with Crippen molar-refractivity contribution in [2.24, 2.45) is 0 Å². The third kappa shape index (κ3) is 3.19. The van der Waals surface area contributed by atoms with E-state index in [1.54, 1.807) is 6.20 Å². The normalized spacial score (nSPS) is 24.9. The molecule has 94 valence electrons. The molecule has 3 nitrogen and oxygen atoms in total. The average molecular weight is 235 g/mol. The number of ether oxygens (including phenoxy) is 1. The van der Waals surface area contributed by atoms with Crippen molar-refractivity contribution in [3.8, 4) is 5.75 Å². The number of hydrogen-bond donors (Lipinski definition) is 1. The smallest absolute Gasteiger partial charge is 0.138 e. The van der Waals surface area contributed by atoms with E-state index in [0.717, 1.165) is 30.6 Å². The first-order valence-electron chi connectivity index (χ1n) is 6.46. The van der Waals surface area contributed by atoms with E-state index >= 15 is 0 Å². The van der Waals surface area contributed by atoms with Crippen molar-refractivity contribution < 1.29 is 9.84 Å². The Morgan fingerprint density at radius 2 is 2.06 bits per heavy atom. The van der Waals surface area contributed by atoms with Crippen molar-refractivity contribution in [3.05, 3.63) is 24.0 Å². The van der Waals surface area contributed by atoms with Crippen LogP contribution in [0.5, 0.6) is 5.75 Å². The predicted octanol–water partition coefficient (Wildman–Crippen LogP) is 2.89. The molecular weight excluding hydrogens is 214 g/mol. The summed E-state index contributed by atoms with van der Waals surface area (Å²) in [4.78, 5) is 4.21. The Morgan fingerprint density at radius 1 is 1.29 bits per heavy atom. The van der Waals surface area contributed by atoms with Gasteiger partial charge in [-0.15, -0.1) is 0 Å². The van der Waals surface area contributed by atoms with Crippen LogP contribution in [-0.2, 0) is 0 Å². The van der Waals surface area contributed by atoms with Gasteiger partial charge in [-0.1, -0.05) is 12.8 Å². The number of rotatable bonds is 3. The summed E-state index contributed by atoms with van der Waals surface area (Å²) in [6.45, 7) is 4.00. The van der Waals surface area contributed by atoms with Crippen LogP contribution in [0.4, 0.5) is 0 Å². The molecule has 3 heteroatoms. The highest BCUT2D eigenvalue weighted by Gasteiger charge is 2.25.